The largest absolute Gasteiger partial charge is 0.573 e. The molecule has 1 aromatic carbocycles. The Bertz CT molecular complexity index is 769. The van der Waals surface area contributed by atoms with Crippen molar-refractivity contribution in [3.8, 4) is 5.75 Å². The third-order valence-corrected chi connectivity index (χ3v) is 5.57. The molecule has 0 aliphatic heterocycles. The second-order valence-electron chi connectivity index (χ2n) is 5.09. The lowest BCUT2D eigenvalue weighted by Gasteiger charge is -2.22. The maximum atomic E-state index is 12.2. The summed E-state index contributed by atoms with van der Waals surface area (Å²) < 4.78 is 66.5. The van der Waals surface area contributed by atoms with E-state index in [-0.39, 0.29) is 11.4 Å². The molecule has 0 saturated heterocycles. The van der Waals surface area contributed by atoms with E-state index < -0.39 is 27.7 Å². The van der Waals surface area contributed by atoms with Gasteiger partial charge < -0.3 is 9.84 Å². The summed E-state index contributed by atoms with van der Waals surface area (Å²) in [6, 6.07) is 7.18. The van der Waals surface area contributed by atoms with E-state index in [0.717, 1.165) is 24.3 Å². The fourth-order valence-electron chi connectivity index (χ4n) is 1.81. The molecule has 1 atom stereocenters. The maximum absolute atomic E-state index is 12.2. The third kappa shape index (κ3) is 4.94. The summed E-state index contributed by atoms with van der Waals surface area (Å²) in [7, 11) is -3.99. The van der Waals surface area contributed by atoms with Crippen molar-refractivity contribution in [2.45, 2.75) is 23.8 Å². The molecule has 0 aliphatic carbocycles. The van der Waals surface area contributed by atoms with Crippen LogP contribution in [0.5, 0.6) is 5.75 Å². The average Bonchev–Trinajstić information content (AvgIpc) is 2.99. The summed E-state index contributed by atoms with van der Waals surface area (Å²) in [5.74, 6) is -0.521. The highest BCUT2D eigenvalue weighted by molar-refractivity contribution is 7.89. The number of benzene rings is 1. The SMILES string of the molecule is CC(O)(CNS(=O)(=O)c1ccc(OC(F)(F)F)cc1)c1cccs1. The van der Waals surface area contributed by atoms with Crippen LogP contribution in [0, 0.1) is 0 Å². The minimum atomic E-state index is -4.85. The summed E-state index contributed by atoms with van der Waals surface area (Å²) in [6.07, 6.45) is -4.85. The summed E-state index contributed by atoms with van der Waals surface area (Å²) >= 11 is 1.28. The molecule has 5 nitrogen and oxygen atoms in total. The van der Waals surface area contributed by atoms with E-state index in [4.69, 9.17) is 0 Å². The lowest BCUT2D eigenvalue weighted by atomic mass is 10.1. The molecule has 2 aromatic rings. The third-order valence-electron chi connectivity index (χ3n) is 3.03. The number of hydrogen-bond acceptors (Lipinski definition) is 5. The Balaban J connectivity index is 2.08. The zero-order valence-electron chi connectivity index (χ0n) is 12.4. The second-order valence-corrected chi connectivity index (χ2v) is 7.81. The lowest BCUT2D eigenvalue weighted by Crippen LogP contribution is -2.38. The number of sulfonamides is 1. The number of thiophene rings is 1. The molecule has 0 bridgehead atoms. The highest BCUT2D eigenvalue weighted by Crippen LogP contribution is 2.26. The van der Waals surface area contributed by atoms with Crippen molar-refractivity contribution in [3.63, 3.8) is 0 Å². The summed E-state index contributed by atoms with van der Waals surface area (Å²) in [5.41, 5.74) is -1.40. The topological polar surface area (TPSA) is 75.6 Å². The zero-order chi connectivity index (χ0) is 18.0. The first-order valence-electron chi connectivity index (χ1n) is 6.61. The lowest BCUT2D eigenvalue weighted by molar-refractivity contribution is -0.274. The predicted octanol–water partition coefficient (Wildman–Crippen LogP) is 2.83. The number of rotatable bonds is 6. The minimum Gasteiger partial charge on any atom is -0.406 e. The zero-order valence-corrected chi connectivity index (χ0v) is 14.0. The Kier molecular flexibility index (Phi) is 5.23. The Morgan fingerprint density at radius 2 is 1.83 bits per heavy atom. The van der Waals surface area contributed by atoms with Gasteiger partial charge in [0.1, 0.15) is 11.4 Å². The van der Waals surface area contributed by atoms with Crippen molar-refractivity contribution >= 4 is 21.4 Å². The van der Waals surface area contributed by atoms with E-state index in [1.54, 1.807) is 17.5 Å². The van der Waals surface area contributed by atoms with Gasteiger partial charge in [-0.15, -0.1) is 24.5 Å². The fraction of sp³-hybridized carbons (Fsp3) is 0.286. The van der Waals surface area contributed by atoms with Gasteiger partial charge in [-0.3, -0.25) is 0 Å². The first kappa shape index (κ1) is 18.7. The quantitative estimate of drug-likeness (QED) is 0.807. The van der Waals surface area contributed by atoms with Gasteiger partial charge in [0.25, 0.3) is 0 Å². The van der Waals surface area contributed by atoms with E-state index in [0.29, 0.717) is 4.88 Å². The standard InChI is InChI=1S/C14H14F3NO4S2/c1-13(19,12-3-2-8-23-12)9-18-24(20,21)11-6-4-10(5-7-11)22-14(15,16)17/h2-8,18-19H,9H2,1H3. The predicted molar refractivity (Wildman–Crippen MR) is 82.2 cm³/mol. The van der Waals surface area contributed by atoms with Crippen molar-refractivity contribution in [2.24, 2.45) is 0 Å². The highest BCUT2D eigenvalue weighted by atomic mass is 32.2. The molecule has 24 heavy (non-hydrogen) atoms. The molecule has 0 fully saturated rings. The van der Waals surface area contributed by atoms with Crippen LogP contribution in [0.2, 0.25) is 0 Å². The van der Waals surface area contributed by atoms with Gasteiger partial charge >= 0.3 is 6.36 Å². The molecule has 0 aliphatic rings. The van der Waals surface area contributed by atoms with Crippen LogP contribution in [-0.2, 0) is 15.6 Å². The van der Waals surface area contributed by atoms with Crippen molar-refractivity contribution < 1.29 is 31.4 Å². The van der Waals surface area contributed by atoms with Gasteiger partial charge in [-0.2, -0.15) is 0 Å². The summed E-state index contributed by atoms with van der Waals surface area (Å²) in [6.45, 7) is 1.18. The fourth-order valence-corrected chi connectivity index (χ4v) is 3.73. The molecule has 0 saturated carbocycles. The number of hydrogen-bond donors (Lipinski definition) is 2. The van der Waals surface area contributed by atoms with Gasteiger partial charge in [0, 0.05) is 11.4 Å². The molecule has 2 rings (SSSR count). The van der Waals surface area contributed by atoms with Gasteiger partial charge in [-0.05, 0) is 42.6 Å². The van der Waals surface area contributed by atoms with Crippen LogP contribution in [0.4, 0.5) is 13.2 Å². The number of alkyl halides is 3. The van der Waals surface area contributed by atoms with Crippen LogP contribution in [0.1, 0.15) is 11.8 Å². The molecule has 0 radical (unpaired) electrons. The molecule has 0 amide bonds. The summed E-state index contributed by atoms with van der Waals surface area (Å²) in [5, 5.41) is 12.0. The Hall–Kier alpha value is -1.62. The Morgan fingerprint density at radius 3 is 2.33 bits per heavy atom. The number of halogens is 3. The number of nitrogens with one attached hydrogen (secondary N) is 1. The monoisotopic (exact) mass is 381 g/mol. The number of ether oxygens (including phenoxy) is 1. The molecule has 0 spiro atoms. The average molecular weight is 381 g/mol. The van der Waals surface area contributed by atoms with Crippen LogP contribution in [0.25, 0.3) is 0 Å². The minimum absolute atomic E-state index is 0.237. The van der Waals surface area contributed by atoms with Gasteiger partial charge in [0.2, 0.25) is 10.0 Å². The second kappa shape index (κ2) is 6.71. The van der Waals surface area contributed by atoms with Gasteiger partial charge in [-0.25, -0.2) is 13.1 Å². The molecule has 1 heterocycles. The van der Waals surface area contributed by atoms with Crippen LogP contribution < -0.4 is 9.46 Å². The first-order chi connectivity index (χ1) is 11.0. The van der Waals surface area contributed by atoms with E-state index in [2.05, 4.69) is 9.46 Å². The normalized spacial score (nSPS) is 15.0. The van der Waals surface area contributed by atoms with Gasteiger partial charge in [0.15, 0.2) is 0 Å². The highest BCUT2D eigenvalue weighted by Gasteiger charge is 2.31. The van der Waals surface area contributed by atoms with E-state index in [1.165, 1.54) is 18.3 Å². The van der Waals surface area contributed by atoms with Gasteiger partial charge in [0.05, 0.1) is 4.90 Å². The van der Waals surface area contributed by atoms with E-state index in [9.17, 15) is 26.7 Å². The van der Waals surface area contributed by atoms with Crippen LogP contribution in [-0.4, -0.2) is 26.4 Å². The molecule has 10 heteroatoms. The van der Waals surface area contributed by atoms with Crippen molar-refractivity contribution in [2.75, 3.05) is 6.54 Å². The van der Waals surface area contributed by atoms with Gasteiger partial charge in [-0.1, -0.05) is 6.07 Å². The Morgan fingerprint density at radius 1 is 1.21 bits per heavy atom. The van der Waals surface area contributed by atoms with Crippen LogP contribution >= 0.6 is 11.3 Å². The number of aliphatic hydroxyl groups is 1. The molecule has 1 aromatic heterocycles. The summed E-state index contributed by atoms with van der Waals surface area (Å²) in [4.78, 5) is 0.345. The van der Waals surface area contributed by atoms with E-state index >= 15 is 0 Å². The van der Waals surface area contributed by atoms with Crippen LogP contribution in [0.3, 0.4) is 0 Å². The van der Waals surface area contributed by atoms with Crippen molar-refractivity contribution in [3.05, 3.63) is 46.7 Å². The smallest absolute Gasteiger partial charge is 0.406 e. The Labute approximate surface area is 140 Å². The molecule has 1 unspecified atom stereocenters. The molecular weight excluding hydrogens is 367 g/mol. The first-order valence-corrected chi connectivity index (χ1v) is 8.98. The van der Waals surface area contributed by atoms with E-state index in [1.807, 2.05) is 0 Å². The van der Waals surface area contributed by atoms with Crippen molar-refractivity contribution in [1.82, 2.24) is 4.72 Å². The van der Waals surface area contributed by atoms with Crippen molar-refractivity contribution in [1.29, 1.82) is 0 Å². The molecule has 132 valence electrons. The molecule has 2 N–H and O–H groups in total. The molecular formula is C14H14F3NO4S2. The maximum Gasteiger partial charge on any atom is 0.573 e. The van der Waals surface area contributed by atoms with Crippen LogP contribution in [0.15, 0.2) is 46.7 Å².